The van der Waals surface area contributed by atoms with Crippen LogP contribution >= 0.6 is 14.9 Å². The molecule has 0 aromatic carbocycles. The maximum atomic E-state index is 8.08. The average molecular weight is 279 g/mol. The third kappa shape index (κ3) is 459. The smallest absolute Gasteiger partial charge is 0.242 e. The van der Waals surface area contributed by atoms with Crippen molar-refractivity contribution in [3.8, 4) is 0 Å². The fraction of sp³-hybridized carbons (Fsp3) is 0.333. The first-order valence-electron chi connectivity index (χ1n) is 2.08. The summed E-state index contributed by atoms with van der Waals surface area (Å²) in [5, 5.41) is 0. The molecule has 0 aliphatic carbocycles. The molecule has 0 aliphatic heterocycles. The molecule has 8 heteroatoms. The second-order valence-corrected chi connectivity index (χ2v) is 5.34. The van der Waals surface area contributed by atoms with E-state index in [1.54, 1.807) is 0 Å². The van der Waals surface area contributed by atoms with E-state index in [-0.39, 0.29) is 32.7 Å². The Morgan fingerprint density at radius 3 is 0.909 bits per heavy atom. The molecule has 0 aromatic rings. The largest absolute Gasteiger partial charge is 0.354 e. The van der Waals surface area contributed by atoms with Crippen molar-refractivity contribution in [2.75, 3.05) is 6.66 Å². The van der Waals surface area contributed by atoms with Gasteiger partial charge in [-0.25, -0.2) is 0 Å². The van der Waals surface area contributed by atoms with Gasteiger partial charge in [0.25, 0.3) is 0 Å². The molecule has 5 nitrogen and oxygen atoms in total. The van der Waals surface area contributed by atoms with E-state index in [4.69, 9.17) is 24.5 Å². The first kappa shape index (κ1) is 18.3. The average Bonchev–Trinajstić information content (AvgIpc) is 1.12. The SMILES string of the molecule is C=P(C)(O)O.C=P(O)(O)O.[Y]. The van der Waals surface area contributed by atoms with Gasteiger partial charge in [0.05, 0.1) is 0 Å². The van der Waals surface area contributed by atoms with E-state index in [1.807, 2.05) is 0 Å². The molecule has 1 radical (unpaired) electrons. The van der Waals surface area contributed by atoms with Gasteiger partial charge < -0.3 is 24.5 Å². The number of hydrogen-bond donors (Lipinski definition) is 5. The second kappa shape index (κ2) is 6.96. The van der Waals surface area contributed by atoms with Crippen LogP contribution < -0.4 is 0 Å². The summed E-state index contributed by atoms with van der Waals surface area (Å²) in [7, 11) is -6.28. The molecule has 0 spiro atoms. The molecule has 0 saturated carbocycles. The summed E-state index contributed by atoms with van der Waals surface area (Å²) in [6.07, 6.45) is 5.54. The molecular formula is C3H12O5P2Y. The maximum Gasteiger partial charge on any atom is 0.242 e. The summed E-state index contributed by atoms with van der Waals surface area (Å²) < 4.78 is 0. The van der Waals surface area contributed by atoms with E-state index in [2.05, 4.69) is 12.6 Å². The Balaban J connectivity index is -0.000000107. The monoisotopic (exact) mass is 279 g/mol. The predicted molar refractivity (Wildman–Crippen MR) is 45.1 cm³/mol. The second-order valence-electron chi connectivity index (χ2n) is 1.78. The van der Waals surface area contributed by atoms with Crippen LogP contribution in [0.3, 0.4) is 0 Å². The standard InChI is InChI=1S/C2H7O2P.CH5O3P.Y/c2*1-5(2,3)4;/h3-4H,1H2,2H3;2-4H,1H2;. The van der Waals surface area contributed by atoms with Crippen LogP contribution in [0.15, 0.2) is 0 Å². The minimum Gasteiger partial charge on any atom is -0.354 e. The van der Waals surface area contributed by atoms with Gasteiger partial charge in [-0.05, 0) is 6.30 Å². The fourth-order valence-corrected chi connectivity index (χ4v) is 0. The Labute approximate surface area is 90.9 Å². The molecule has 0 rings (SSSR count). The topological polar surface area (TPSA) is 101 Å². The number of rotatable bonds is 0. The first-order valence-corrected chi connectivity index (χ1v) is 6.24. The summed E-state index contributed by atoms with van der Waals surface area (Å²) in [6, 6.07) is 0. The van der Waals surface area contributed by atoms with E-state index < -0.39 is 14.9 Å². The van der Waals surface area contributed by atoms with Crippen molar-refractivity contribution in [2.24, 2.45) is 0 Å². The van der Waals surface area contributed by atoms with E-state index in [9.17, 15) is 0 Å². The first-order chi connectivity index (χ1) is 4.00. The van der Waals surface area contributed by atoms with Gasteiger partial charge in [0.2, 0.25) is 7.57 Å². The molecule has 5 N–H and O–H groups in total. The molecule has 67 valence electrons. The Morgan fingerprint density at radius 2 is 0.909 bits per heavy atom. The van der Waals surface area contributed by atoms with Gasteiger partial charge in [0.15, 0.2) is 0 Å². The third-order valence-electron chi connectivity index (χ3n) is 0. The zero-order valence-electron chi connectivity index (χ0n) is 6.12. The normalized spacial score (nSPS) is 10.7. The Kier molecular flexibility index (Phi) is 11.6. The molecule has 0 heterocycles. The Hall–Kier alpha value is 1.50. The summed E-state index contributed by atoms with van der Waals surface area (Å²) >= 11 is 0. The summed E-state index contributed by atoms with van der Waals surface area (Å²) in [5.41, 5.74) is 0. The van der Waals surface area contributed by atoms with Gasteiger partial charge in [-0.2, -0.15) is 0 Å². The van der Waals surface area contributed by atoms with Crippen molar-refractivity contribution in [1.29, 1.82) is 0 Å². The van der Waals surface area contributed by atoms with Crippen LogP contribution in [0.25, 0.3) is 0 Å². The quantitative estimate of drug-likeness (QED) is 0.367. The van der Waals surface area contributed by atoms with Crippen molar-refractivity contribution >= 4 is 27.5 Å². The molecule has 0 unspecified atom stereocenters. The molecule has 0 fully saturated rings. The molecule has 0 atom stereocenters. The Morgan fingerprint density at radius 1 is 0.909 bits per heavy atom. The van der Waals surface area contributed by atoms with Crippen molar-refractivity contribution in [3.05, 3.63) is 0 Å². The van der Waals surface area contributed by atoms with Crippen LogP contribution in [0.5, 0.6) is 0 Å². The van der Waals surface area contributed by atoms with E-state index in [0.717, 1.165) is 0 Å². The minimum atomic E-state index is -3.64. The van der Waals surface area contributed by atoms with Crippen molar-refractivity contribution in [1.82, 2.24) is 0 Å². The fourth-order valence-electron chi connectivity index (χ4n) is 0. The van der Waals surface area contributed by atoms with Crippen LogP contribution in [0.2, 0.25) is 0 Å². The van der Waals surface area contributed by atoms with Crippen LogP contribution in [-0.2, 0) is 32.7 Å². The predicted octanol–water partition coefficient (Wildman–Crippen LogP) is -0.964. The molecule has 0 aliphatic rings. The summed E-state index contributed by atoms with van der Waals surface area (Å²) in [6.45, 7) is 1.30. The zero-order chi connectivity index (χ0) is 9.00. The van der Waals surface area contributed by atoms with Gasteiger partial charge >= 0.3 is 0 Å². The van der Waals surface area contributed by atoms with Crippen LogP contribution in [-0.4, -0.2) is 43.7 Å². The van der Waals surface area contributed by atoms with E-state index in [1.165, 1.54) is 6.66 Å². The van der Waals surface area contributed by atoms with Gasteiger partial charge in [-0.3, -0.25) is 0 Å². The van der Waals surface area contributed by atoms with Gasteiger partial charge in [0, 0.05) is 39.4 Å². The number of hydrogen-bond acceptors (Lipinski definition) is 5. The summed E-state index contributed by atoms with van der Waals surface area (Å²) in [4.78, 5) is 39.0. The van der Waals surface area contributed by atoms with Crippen molar-refractivity contribution in [2.45, 2.75) is 0 Å². The van der Waals surface area contributed by atoms with Gasteiger partial charge in [-0.15, -0.1) is 0 Å². The minimum absolute atomic E-state index is 0. The van der Waals surface area contributed by atoms with Crippen molar-refractivity contribution < 1.29 is 57.2 Å². The van der Waals surface area contributed by atoms with E-state index in [0.29, 0.717) is 0 Å². The molecule has 0 bridgehead atoms. The van der Waals surface area contributed by atoms with Crippen LogP contribution in [0, 0.1) is 0 Å². The third-order valence-corrected chi connectivity index (χ3v) is 0. The van der Waals surface area contributed by atoms with E-state index >= 15 is 0 Å². The zero-order valence-corrected chi connectivity index (χ0v) is 10.7. The molecule has 11 heavy (non-hydrogen) atoms. The molecular weight excluding hydrogens is 267 g/mol. The van der Waals surface area contributed by atoms with Crippen LogP contribution in [0.4, 0.5) is 0 Å². The van der Waals surface area contributed by atoms with Crippen molar-refractivity contribution in [3.63, 3.8) is 0 Å². The van der Waals surface area contributed by atoms with Gasteiger partial charge in [-0.1, -0.05) is 6.30 Å². The molecule has 0 aromatic heterocycles. The van der Waals surface area contributed by atoms with Gasteiger partial charge in [0.1, 0.15) is 7.34 Å². The molecule has 0 amide bonds. The Bertz CT molecular complexity index is 132. The summed E-state index contributed by atoms with van der Waals surface area (Å²) in [5.74, 6) is 0. The van der Waals surface area contributed by atoms with Crippen LogP contribution in [0.1, 0.15) is 0 Å². The molecule has 0 saturated heterocycles. The maximum absolute atomic E-state index is 8.08.